The van der Waals surface area contributed by atoms with Crippen LogP contribution in [0.1, 0.15) is 13.8 Å². The molecule has 2 atom stereocenters. The molecular formula is C8H15NOS. The van der Waals surface area contributed by atoms with Gasteiger partial charge in [-0.15, -0.1) is 6.42 Å². The van der Waals surface area contributed by atoms with Gasteiger partial charge in [-0.25, -0.2) is 0 Å². The Morgan fingerprint density at radius 2 is 2.36 bits per heavy atom. The van der Waals surface area contributed by atoms with E-state index in [-0.39, 0.29) is 6.04 Å². The van der Waals surface area contributed by atoms with Gasteiger partial charge in [0.2, 0.25) is 0 Å². The Morgan fingerprint density at radius 3 is 2.82 bits per heavy atom. The lowest BCUT2D eigenvalue weighted by Gasteiger charge is -2.05. The molecule has 0 saturated heterocycles. The van der Waals surface area contributed by atoms with Crippen LogP contribution in [-0.2, 0) is 10.8 Å². The van der Waals surface area contributed by atoms with Crippen LogP contribution in [0.2, 0.25) is 0 Å². The highest BCUT2D eigenvalue weighted by atomic mass is 32.2. The van der Waals surface area contributed by atoms with Gasteiger partial charge >= 0.3 is 0 Å². The summed E-state index contributed by atoms with van der Waals surface area (Å²) in [4.78, 5) is 0. The van der Waals surface area contributed by atoms with Gasteiger partial charge in [-0.05, 0) is 6.92 Å². The Morgan fingerprint density at radius 1 is 1.73 bits per heavy atom. The molecule has 0 aromatic carbocycles. The van der Waals surface area contributed by atoms with Crippen LogP contribution in [0.5, 0.6) is 0 Å². The highest BCUT2D eigenvalue weighted by molar-refractivity contribution is 7.84. The van der Waals surface area contributed by atoms with Crippen molar-refractivity contribution in [3.63, 3.8) is 0 Å². The van der Waals surface area contributed by atoms with Crippen LogP contribution in [0.15, 0.2) is 0 Å². The number of hydrogen-bond acceptors (Lipinski definition) is 2. The lowest BCUT2D eigenvalue weighted by Crippen LogP contribution is -2.28. The zero-order valence-electron chi connectivity index (χ0n) is 7.09. The van der Waals surface area contributed by atoms with Crippen LogP contribution in [0.25, 0.3) is 0 Å². The standard InChI is InChI=1S/C8H15NOS/c1-4-8(3)9-6-7-11(10)5-2/h1,8-9H,5-7H2,2-3H3. The zero-order valence-corrected chi connectivity index (χ0v) is 7.91. The Kier molecular flexibility index (Phi) is 6.19. The molecular weight excluding hydrogens is 158 g/mol. The van der Waals surface area contributed by atoms with Crippen molar-refractivity contribution in [2.45, 2.75) is 19.9 Å². The molecule has 0 heterocycles. The van der Waals surface area contributed by atoms with E-state index in [4.69, 9.17) is 6.42 Å². The molecule has 64 valence electrons. The van der Waals surface area contributed by atoms with Gasteiger partial charge in [0.15, 0.2) is 0 Å². The Balaban J connectivity index is 3.29. The SMILES string of the molecule is C#CC(C)NCCS(=O)CC. The largest absolute Gasteiger partial charge is 0.303 e. The first-order valence-electron chi connectivity index (χ1n) is 3.75. The third-order valence-corrected chi connectivity index (χ3v) is 2.66. The monoisotopic (exact) mass is 173 g/mol. The van der Waals surface area contributed by atoms with Gasteiger partial charge in [0, 0.05) is 28.9 Å². The van der Waals surface area contributed by atoms with Crippen LogP contribution in [-0.4, -0.2) is 28.3 Å². The first-order chi connectivity index (χ1) is 5.20. The molecule has 0 aliphatic heterocycles. The fourth-order valence-corrected chi connectivity index (χ4v) is 1.23. The average molecular weight is 173 g/mol. The fourth-order valence-electron chi connectivity index (χ4n) is 0.593. The first kappa shape index (κ1) is 10.7. The summed E-state index contributed by atoms with van der Waals surface area (Å²) >= 11 is 0. The van der Waals surface area contributed by atoms with Gasteiger partial charge in [-0.1, -0.05) is 12.8 Å². The van der Waals surface area contributed by atoms with E-state index in [1.54, 1.807) is 0 Å². The van der Waals surface area contributed by atoms with Crippen LogP contribution in [0, 0.1) is 12.3 Å². The predicted octanol–water partition coefficient (Wildman–Crippen LogP) is 0.366. The molecule has 0 aliphatic rings. The van der Waals surface area contributed by atoms with E-state index >= 15 is 0 Å². The number of terminal acetylenes is 1. The minimum atomic E-state index is -0.676. The molecule has 11 heavy (non-hydrogen) atoms. The second-order valence-corrected chi connectivity index (χ2v) is 4.14. The molecule has 0 spiro atoms. The van der Waals surface area contributed by atoms with E-state index in [9.17, 15) is 4.21 Å². The van der Waals surface area contributed by atoms with Crippen molar-refractivity contribution in [1.29, 1.82) is 0 Å². The van der Waals surface area contributed by atoms with E-state index in [0.717, 1.165) is 12.3 Å². The van der Waals surface area contributed by atoms with Gasteiger partial charge in [-0.3, -0.25) is 4.21 Å². The van der Waals surface area contributed by atoms with Crippen LogP contribution < -0.4 is 5.32 Å². The lowest BCUT2D eigenvalue weighted by molar-refractivity contribution is 0.659. The van der Waals surface area contributed by atoms with E-state index in [2.05, 4.69) is 11.2 Å². The normalized spacial score (nSPS) is 15.4. The van der Waals surface area contributed by atoms with Crippen LogP contribution in [0.3, 0.4) is 0 Å². The smallest absolute Gasteiger partial charge is 0.0658 e. The average Bonchev–Trinajstić information content (AvgIpc) is 2.04. The Labute approximate surface area is 71.2 Å². The van der Waals surface area contributed by atoms with Gasteiger partial charge in [0.1, 0.15) is 0 Å². The molecule has 0 aromatic heterocycles. The van der Waals surface area contributed by atoms with Crippen molar-refractivity contribution in [2.75, 3.05) is 18.1 Å². The maximum Gasteiger partial charge on any atom is 0.0658 e. The van der Waals surface area contributed by atoms with Gasteiger partial charge in [0.05, 0.1) is 6.04 Å². The van der Waals surface area contributed by atoms with E-state index in [0.29, 0.717) is 5.75 Å². The van der Waals surface area contributed by atoms with E-state index < -0.39 is 10.8 Å². The fraction of sp³-hybridized carbons (Fsp3) is 0.750. The second-order valence-electron chi connectivity index (χ2n) is 2.28. The molecule has 0 rings (SSSR count). The molecule has 3 heteroatoms. The molecule has 0 saturated carbocycles. The van der Waals surface area contributed by atoms with E-state index in [1.165, 1.54) is 0 Å². The molecule has 1 N–H and O–H groups in total. The molecule has 0 aliphatic carbocycles. The highest BCUT2D eigenvalue weighted by Crippen LogP contribution is 1.81. The Bertz CT molecular complexity index is 162. The minimum Gasteiger partial charge on any atom is -0.303 e. The van der Waals surface area contributed by atoms with E-state index in [1.807, 2.05) is 13.8 Å². The lowest BCUT2D eigenvalue weighted by atomic mass is 10.4. The first-order valence-corrected chi connectivity index (χ1v) is 5.24. The van der Waals surface area contributed by atoms with Crippen LogP contribution in [0.4, 0.5) is 0 Å². The summed E-state index contributed by atoms with van der Waals surface area (Å²) in [5.41, 5.74) is 0. The summed E-state index contributed by atoms with van der Waals surface area (Å²) in [5.74, 6) is 3.97. The molecule has 0 bridgehead atoms. The number of nitrogens with one attached hydrogen (secondary N) is 1. The molecule has 0 fully saturated rings. The van der Waals surface area contributed by atoms with Crippen molar-refractivity contribution in [2.24, 2.45) is 0 Å². The molecule has 0 amide bonds. The Hall–Kier alpha value is -0.330. The summed E-state index contributed by atoms with van der Waals surface area (Å²) in [6.07, 6.45) is 5.13. The third kappa shape index (κ3) is 6.08. The maximum absolute atomic E-state index is 10.9. The van der Waals surface area contributed by atoms with Crippen molar-refractivity contribution >= 4 is 10.8 Å². The topological polar surface area (TPSA) is 29.1 Å². The zero-order chi connectivity index (χ0) is 8.69. The summed E-state index contributed by atoms with van der Waals surface area (Å²) in [6.45, 7) is 4.57. The van der Waals surface area contributed by atoms with Gasteiger partial charge in [0.25, 0.3) is 0 Å². The highest BCUT2D eigenvalue weighted by Gasteiger charge is 1.97. The molecule has 0 aromatic rings. The maximum atomic E-state index is 10.9. The summed E-state index contributed by atoms with van der Waals surface area (Å²) < 4.78 is 10.9. The minimum absolute atomic E-state index is 0.0869. The van der Waals surface area contributed by atoms with Crippen molar-refractivity contribution in [3.05, 3.63) is 0 Å². The number of hydrogen-bond donors (Lipinski definition) is 1. The summed E-state index contributed by atoms with van der Waals surface area (Å²) in [5, 5.41) is 3.07. The van der Waals surface area contributed by atoms with Crippen molar-refractivity contribution < 1.29 is 4.21 Å². The van der Waals surface area contributed by atoms with Crippen molar-refractivity contribution in [3.8, 4) is 12.3 Å². The molecule has 0 radical (unpaired) electrons. The second kappa shape index (κ2) is 6.38. The van der Waals surface area contributed by atoms with Crippen molar-refractivity contribution in [1.82, 2.24) is 5.32 Å². The summed E-state index contributed by atoms with van der Waals surface area (Å²) in [7, 11) is -0.676. The third-order valence-electron chi connectivity index (χ3n) is 1.35. The van der Waals surface area contributed by atoms with Gasteiger partial charge < -0.3 is 5.32 Å². The molecule has 2 nitrogen and oxygen atoms in total. The molecule has 2 unspecified atom stereocenters. The van der Waals surface area contributed by atoms with Gasteiger partial charge in [-0.2, -0.15) is 0 Å². The number of rotatable bonds is 5. The quantitative estimate of drug-likeness (QED) is 0.608. The summed E-state index contributed by atoms with van der Waals surface area (Å²) in [6, 6.07) is 0.0869. The predicted molar refractivity (Wildman–Crippen MR) is 49.8 cm³/mol. The van der Waals surface area contributed by atoms with Crippen LogP contribution >= 0.6 is 0 Å².